The van der Waals surface area contributed by atoms with Gasteiger partial charge in [0.1, 0.15) is 0 Å². The smallest absolute Gasteiger partial charge is 0.157 e. The highest BCUT2D eigenvalue weighted by molar-refractivity contribution is 4.59. The molecule has 2 heteroatoms. The summed E-state index contributed by atoms with van der Waals surface area (Å²) in [5.74, 6) is 0. The number of rotatable bonds is 8. The van der Waals surface area contributed by atoms with Gasteiger partial charge in [0.2, 0.25) is 0 Å². The number of hydrogen-bond donors (Lipinski definition) is 0. The van der Waals surface area contributed by atoms with Crippen molar-refractivity contribution in [3.63, 3.8) is 0 Å². The van der Waals surface area contributed by atoms with Gasteiger partial charge in [-0.2, -0.15) is 0 Å². The van der Waals surface area contributed by atoms with Gasteiger partial charge in [0.05, 0.1) is 12.7 Å². The Morgan fingerprint density at radius 3 is 2.38 bits per heavy atom. The lowest BCUT2D eigenvalue weighted by Crippen LogP contribution is -2.30. The molecule has 1 heterocycles. The highest BCUT2D eigenvalue weighted by Crippen LogP contribution is 2.17. The summed E-state index contributed by atoms with van der Waals surface area (Å²) in [6.07, 6.45) is 12.1. The van der Waals surface area contributed by atoms with E-state index in [-0.39, 0.29) is 6.29 Å². The molecule has 0 radical (unpaired) electrons. The molecule has 0 aromatic rings. The molecule has 1 saturated heterocycles. The van der Waals surface area contributed by atoms with Gasteiger partial charge < -0.3 is 9.47 Å². The minimum absolute atomic E-state index is 0.0828. The fourth-order valence-corrected chi connectivity index (χ4v) is 2.15. The number of unbranched alkanes of at least 4 members (excludes halogenated alkanes) is 6. The first-order valence-corrected chi connectivity index (χ1v) is 7.10. The van der Waals surface area contributed by atoms with E-state index in [9.17, 15) is 0 Å². The highest BCUT2D eigenvalue weighted by Gasteiger charge is 2.18. The van der Waals surface area contributed by atoms with Gasteiger partial charge in [0, 0.05) is 0 Å². The monoisotopic (exact) mass is 228 g/mol. The standard InChI is InChI=1S/C14H28O2/c1-3-4-5-6-7-8-9-10-14-15-12-11-13(2)16-14/h13-14H,3-12H2,1-2H3/t13-,14-/m1/s1. The third kappa shape index (κ3) is 6.49. The Kier molecular flexibility index (Phi) is 7.87. The third-order valence-electron chi connectivity index (χ3n) is 3.26. The van der Waals surface area contributed by atoms with E-state index >= 15 is 0 Å². The SMILES string of the molecule is CCCCCCCCC[C@@H]1OCC[C@@H](C)O1. The van der Waals surface area contributed by atoms with Gasteiger partial charge in [-0.05, 0) is 26.2 Å². The van der Waals surface area contributed by atoms with E-state index in [1.807, 2.05) is 0 Å². The van der Waals surface area contributed by atoms with Crippen LogP contribution in [-0.4, -0.2) is 19.0 Å². The predicted octanol–water partition coefficient (Wildman–Crippen LogP) is 4.28. The van der Waals surface area contributed by atoms with Crippen LogP contribution in [-0.2, 0) is 9.47 Å². The van der Waals surface area contributed by atoms with Gasteiger partial charge in [0.25, 0.3) is 0 Å². The van der Waals surface area contributed by atoms with Crippen LogP contribution in [0.25, 0.3) is 0 Å². The molecule has 0 saturated carbocycles. The van der Waals surface area contributed by atoms with Gasteiger partial charge in [-0.25, -0.2) is 0 Å². The molecule has 0 aromatic carbocycles. The summed E-state index contributed by atoms with van der Waals surface area (Å²) in [7, 11) is 0. The van der Waals surface area contributed by atoms with E-state index in [1.165, 1.54) is 44.9 Å². The van der Waals surface area contributed by atoms with Crippen molar-refractivity contribution in [1.82, 2.24) is 0 Å². The fraction of sp³-hybridized carbons (Fsp3) is 1.00. The summed E-state index contributed by atoms with van der Waals surface area (Å²) in [4.78, 5) is 0. The lowest BCUT2D eigenvalue weighted by atomic mass is 10.1. The van der Waals surface area contributed by atoms with Crippen LogP contribution < -0.4 is 0 Å². The minimum Gasteiger partial charge on any atom is -0.353 e. The zero-order valence-electron chi connectivity index (χ0n) is 11.0. The largest absolute Gasteiger partial charge is 0.353 e. The van der Waals surface area contributed by atoms with Gasteiger partial charge in [-0.15, -0.1) is 0 Å². The molecule has 16 heavy (non-hydrogen) atoms. The van der Waals surface area contributed by atoms with E-state index in [2.05, 4.69) is 13.8 Å². The Balaban J connectivity index is 1.86. The van der Waals surface area contributed by atoms with Crippen LogP contribution in [0.5, 0.6) is 0 Å². The molecule has 1 aliphatic heterocycles. The second kappa shape index (κ2) is 9.00. The van der Waals surface area contributed by atoms with Crippen molar-refractivity contribution in [2.45, 2.75) is 84.0 Å². The van der Waals surface area contributed by atoms with Crippen LogP contribution in [0.2, 0.25) is 0 Å². The first-order chi connectivity index (χ1) is 7.83. The molecule has 1 fully saturated rings. The maximum atomic E-state index is 5.71. The normalized spacial score (nSPS) is 25.9. The highest BCUT2D eigenvalue weighted by atomic mass is 16.7. The van der Waals surface area contributed by atoms with Gasteiger partial charge >= 0.3 is 0 Å². The molecule has 96 valence electrons. The van der Waals surface area contributed by atoms with Crippen LogP contribution >= 0.6 is 0 Å². The summed E-state index contributed by atoms with van der Waals surface area (Å²) in [5.41, 5.74) is 0. The van der Waals surface area contributed by atoms with E-state index in [1.54, 1.807) is 0 Å². The number of ether oxygens (including phenoxy) is 2. The minimum atomic E-state index is 0.0828. The molecule has 2 nitrogen and oxygen atoms in total. The van der Waals surface area contributed by atoms with Gasteiger partial charge in [0.15, 0.2) is 6.29 Å². The second-order valence-electron chi connectivity index (χ2n) is 4.95. The van der Waals surface area contributed by atoms with Crippen molar-refractivity contribution < 1.29 is 9.47 Å². The fourth-order valence-electron chi connectivity index (χ4n) is 2.15. The maximum Gasteiger partial charge on any atom is 0.157 e. The number of hydrogen-bond acceptors (Lipinski definition) is 2. The summed E-state index contributed by atoms with van der Waals surface area (Å²) >= 11 is 0. The van der Waals surface area contributed by atoms with Crippen LogP contribution in [0, 0.1) is 0 Å². The van der Waals surface area contributed by atoms with E-state index in [0.29, 0.717) is 6.10 Å². The Bertz CT molecular complexity index is 159. The molecule has 0 amide bonds. The summed E-state index contributed by atoms with van der Waals surface area (Å²) in [6.45, 7) is 5.28. The van der Waals surface area contributed by atoms with Crippen LogP contribution in [0.3, 0.4) is 0 Å². The molecular weight excluding hydrogens is 200 g/mol. The zero-order chi connectivity index (χ0) is 11.6. The van der Waals surface area contributed by atoms with Gasteiger partial charge in [-0.1, -0.05) is 45.4 Å². The maximum absolute atomic E-state index is 5.71. The van der Waals surface area contributed by atoms with Crippen molar-refractivity contribution in [3.05, 3.63) is 0 Å². The topological polar surface area (TPSA) is 18.5 Å². The molecule has 0 unspecified atom stereocenters. The van der Waals surface area contributed by atoms with Crippen molar-refractivity contribution in [2.24, 2.45) is 0 Å². The quantitative estimate of drug-likeness (QED) is 0.577. The van der Waals surface area contributed by atoms with E-state index in [4.69, 9.17) is 9.47 Å². The lowest BCUT2D eigenvalue weighted by molar-refractivity contribution is -0.210. The second-order valence-corrected chi connectivity index (χ2v) is 4.95. The van der Waals surface area contributed by atoms with Crippen LogP contribution in [0.4, 0.5) is 0 Å². The van der Waals surface area contributed by atoms with Crippen molar-refractivity contribution in [3.8, 4) is 0 Å². The molecule has 0 bridgehead atoms. The molecule has 0 spiro atoms. The Morgan fingerprint density at radius 1 is 1.00 bits per heavy atom. The molecule has 0 aliphatic carbocycles. The van der Waals surface area contributed by atoms with Crippen molar-refractivity contribution in [2.75, 3.05) is 6.61 Å². The zero-order valence-corrected chi connectivity index (χ0v) is 11.0. The van der Waals surface area contributed by atoms with Crippen LogP contribution in [0.1, 0.15) is 71.6 Å². The first-order valence-electron chi connectivity index (χ1n) is 7.10. The van der Waals surface area contributed by atoms with Gasteiger partial charge in [-0.3, -0.25) is 0 Å². The van der Waals surface area contributed by atoms with Crippen molar-refractivity contribution >= 4 is 0 Å². The van der Waals surface area contributed by atoms with E-state index in [0.717, 1.165) is 19.4 Å². The molecule has 1 aliphatic rings. The van der Waals surface area contributed by atoms with Crippen LogP contribution in [0.15, 0.2) is 0 Å². The van der Waals surface area contributed by atoms with Crippen molar-refractivity contribution in [1.29, 1.82) is 0 Å². The average molecular weight is 228 g/mol. The first kappa shape index (κ1) is 14.0. The third-order valence-corrected chi connectivity index (χ3v) is 3.26. The van der Waals surface area contributed by atoms with E-state index < -0.39 is 0 Å². The summed E-state index contributed by atoms with van der Waals surface area (Å²) in [5, 5.41) is 0. The molecule has 0 aromatic heterocycles. The summed E-state index contributed by atoms with van der Waals surface area (Å²) < 4.78 is 11.3. The summed E-state index contributed by atoms with van der Waals surface area (Å²) in [6, 6.07) is 0. The molecule has 0 N–H and O–H groups in total. The molecular formula is C14H28O2. The molecule has 1 rings (SSSR count). The molecule has 2 atom stereocenters. The predicted molar refractivity (Wildman–Crippen MR) is 67.5 cm³/mol. The average Bonchev–Trinajstić information content (AvgIpc) is 2.28. The Morgan fingerprint density at radius 2 is 1.69 bits per heavy atom. The Labute approximate surface area is 101 Å². The lowest BCUT2D eigenvalue weighted by Gasteiger charge is -2.28. The Hall–Kier alpha value is -0.0800.